The Morgan fingerprint density at radius 3 is 2.30 bits per heavy atom. The number of anilines is 3. The van der Waals surface area contributed by atoms with E-state index in [0.717, 1.165) is 57.3 Å². The Hall–Kier alpha value is -2.98. The fraction of sp³-hybridized carbons (Fsp3) is 0.500. The Labute approximate surface area is 174 Å². The zero-order chi connectivity index (χ0) is 20.5. The smallest absolute Gasteiger partial charge is 0.292 e. The lowest BCUT2D eigenvalue weighted by molar-refractivity contribution is 0.122. The molecule has 0 spiro atoms. The van der Waals surface area contributed by atoms with Gasteiger partial charge in [-0.3, -0.25) is 0 Å². The highest BCUT2D eigenvalue weighted by Gasteiger charge is 2.23. The Kier molecular flexibility index (Phi) is 5.09. The average molecular weight is 410 g/mol. The molecule has 0 saturated carbocycles. The first-order valence-electron chi connectivity index (χ1n) is 10.4. The minimum absolute atomic E-state index is 0.154. The molecular weight excluding hydrogens is 384 g/mol. The maximum absolute atomic E-state index is 5.70. The molecule has 2 aliphatic heterocycles. The van der Waals surface area contributed by atoms with Crippen LogP contribution in [0, 0.1) is 0 Å². The van der Waals surface area contributed by atoms with Crippen molar-refractivity contribution in [2.24, 2.45) is 0 Å². The van der Waals surface area contributed by atoms with Crippen LogP contribution in [0.15, 0.2) is 22.6 Å². The van der Waals surface area contributed by atoms with Gasteiger partial charge in [0.15, 0.2) is 11.4 Å². The van der Waals surface area contributed by atoms with Crippen molar-refractivity contribution in [2.45, 2.75) is 6.92 Å². The van der Waals surface area contributed by atoms with Gasteiger partial charge >= 0.3 is 0 Å². The van der Waals surface area contributed by atoms with Crippen LogP contribution >= 0.6 is 0 Å². The largest absolute Gasteiger partial charge is 0.424 e. The van der Waals surface area contributed by atoms with E-state index < -0.39 is 0 Å². The van der Waals surface area contributed by atoms with Crippen molar-refractivity contribution in [3.8, 4) is 11.4 Å². The van der Waals surface area contributed by atoms with Gasteiger partial charge in [0.1, 0.15) is 5.52 Å². The van der Waals surface area contributed by atoms with Crippen LogP contribution in [-0.4, -0.2) is 83.9 Å². The number of aromatic nitrogens is 4. The Morgan fingerprint density at radius 2 is 1.60 bits per heavy atom. The van der Waals surface area contributed by atoms with Crippen molar-refractivity contribution >= 4 is 29.0 Å². The van der Waals surface area contributed by atoms with E-state index in [2.05, 4.69) is 26.6 Å². The van der Waals surface area contributed by atoms with Gasteiger partial charge in [0.25, 0.3) is 6.01 Å². The summed E-state index contributed by atoms with van der Waals surface area (Å²) in [5.74, 6) is 2.04. The van der Waals surface area contributed by atoms with E-state index in [1.165, 1.54) is 0 Å². The highest BCUT2D eigenvalue weighted by atomic mass is 16.5. The van der Waals surface area contributed by atoms with Crippen LogP contribution in [0.1, 0.15) is 6.92 Å². The third kappa shape index (κ3) is 3.75. The normalized spacial score (nSPS) is 18.3. The van der Waals surface area contributed by atoms with Gasteiger partial charge in [0.2, 0.25) is 11.9 Å². The standard InChI is InChI=1S/C20H26N8O2/c1-2-26-5-7-27(8-6-26)19-23-17(24-20(25-19)28-9-11-29-12-10-28)14-3-4-16-15(13-14)22-18(21)30-16/h3-4,13H,2,5-12H2,1H3,(H2,21,22). The summed E-state index contributed by atoms with van der Waals surface area (Å²) in [4.78, 5) is 25.5. The third-order valence-corrected chi connectivity index (χ3v) is 5.67. The molecule has 0 radical (unpaired) electrons. The first-order chi connectivity index (χ1) is 14.7. The van der Waals surface area contributed by atoms with Crippen LogP contribution in [0.3, 0.4) is 0 Å². The zero-order valence-electron chi connectivity index (χ0n) is 17.1. The molecule has 5 rings (SSSR count). The molecule has 10 nitrogen and oxygen atoms in total. The number of morpholine rings is 1. The average Bonchev–Trinajstić information content (AvgIpc) is 3.18. The van der Waals surface area contributed by atoms with Crippen molar-refractivity contribution in [2.75, 3.05) is 74.6 Å². The number of hydrogen-bond acceptors (Lipinski definition) is 10. The molecule has 0 unspecified atom stereocenters. The topological polar surface area (TPSA) is 110 Å². The molecule has 2 fully saturated rings. The lowest BCUT2D eigenvalue weighted by Gasteiger charge is -2.34. The van der Waals surface area contributed by atoms with Crippen LogP contribution in [-0.2, 0) is 4.74 Å². The number of rotatable bonds is 4. The lowest BCUT2D eigenvalue weighted by Crippen LogP contribution is -2.47. The molecule has 2 aromatic heterocycles. The maximum Gasteiger partial charge on any atom is 0.292 e. The lowest BCUT2D eigenvalue weighted by atomic mass is 10.2. The number of hydrogen-bond donors (Lipinski definition) is 1. The highest BCUT2D eigenvalue weighted by molar-refractivity contribution is 5.80. The summed E-state index contributed by atoms with van der Waals surface area (Å²) in [5, 5.41) is 0. The minimum atomic E-state index is 0.154. The monoisotopic (exact) mass is 410 g/mol. The van der Waals surface area contributed by atoms with E-state index in [1.54, 1.807) is 0 Å². The second-order valence-corrected chi connectivity index (χ2v) is 7.51. The van der Waals surface area contributed by atoms with E-state index in [9.17, 15) is 0 Å². The van der Waals surface area contributed by atoms with Gasteiger partial charge in [0, 0.05) is 44.8 Å². The maximum atomic E-state index is 5.70. The number of benzene rings is 1. The first-order valence-corrected chi connectivity index (χ1v) is 10.4. The van der Waals surface area contributed by atoms with Crippen molar-refractivity contribution in [3.63, 3.8) is 0 Å². The zero-order valence-corrected chi connectivity index (χ0v) is 17.1. The Morgan fingerprint density at radius 1 is 0.900 bits per heavy atom. The van der Waals surface area contributed by atoms with E-state index >= 15 is 0 Å². The van der Waals surface area contributed by atoms with E-state index in [4.69, 9.17) is 29.8 Å². The molecule has 158 valence electrons. The van der Waals surface area contributed by atoms with Crippen molar-refractivity contribution in [3.05, 3.63) is 18.2 Å². The fourth-order valence-electron chi connectivity index (χ4n) is 3.88. The molecule has 0 bridgehead atoms. The molecule has 30 heavy (non-hydrogen) atoms. The molecule has 4 heterocycles. The highest BCUT2D eigenvalue weighted by Crippen LogP contribution is 2.26. The summed E-state index contributed by atoms with van der Waals surface area (Å²) in [6.45, 7) is 9.97. The number of piperazine rings is 1. The summed E-state index contributed by atoms with van der Waals surface area (Å²) in [6, 6.07) is 5.85. The summed E-state index contributed by atoms with van der Waals surface area (Å²) in [6.07, 6.45) is 0. The summed E-state index contributed by atoms with van der Waals surface area (Å²) in [5.41, 5.74) is 7.90. The van der Waals surface area contributed by atoms with Crippen LogP contribution in [0.4, 0.5) is 17.9 Å². The van der Waals surface area contributed by atoms with Crippen LogP contribution in [0.5, 0.6) is 0 Å². The second-order valence-electron chi connectivity index (χ2n) is 7.51. The van der Waals surface area contributed by atoms with E-state index in [0.29, 0.717) is 36.1 Å². The predicted molar refractivity (Wildman–Crippen MR) is 115 cm³/mol. The summed E-state index contributed by atoms with van der Waals surface area (Å²) >= 11 is 0. The quantitative estimate of drug-likeness (QED) is 0.674. The fourth-order valence-corrected chi connectivity index (χ4v) is 3.88. The number of oxazole rings is 1. The molecule has 10 heteroatoms. The Balaban J connectivity index is 1.53. The molecule has 2 saturated heterocycles. The van der Waals surface area contributed by atoms with Gasteiger partial charge in [-0.05, 0) is 24.7 Å². The van der Waals surface area contributed by atoms with Gasteiger partial charge in [0.05, 0.1) is 13.2 Å². The van der Waals surface area contributed by atoms with Crippen LogP contribution in [0.2, 0.25) is 0 Å². The van der Waals surface area contributed by atoms with Gasteiger partial charge in [-0.25, -0.2) is 0 Å². The van der Waals surface area contributed by atoms with Crippen molar-refractivity contribution in [1.29, 1.82) is 0 Å². The van der Waals surface area contributed by atoms with Crippen LogP contribution < -0.4 is 15.5 Å². The molecule has 2 aliphatic rings. The van der Waals surface area contributed by atoms with E-state index in [1.807, 2.05) is 18.2 Å². The third-order valence-electron chi connectivity index (χ3n) is 5.67. The summed E-state index contributed by atoms with van der Waals surface area (Å²) in [7, 11) is 0. The van der Waals surface area contributed by atoms with Gasteiger partial charge < -0.3 is 29.6 Å². The molecule has 0 aliphatic carbocycles. The van der Waals surface area contributed by atoms with Gasteiger partial charge in [-0.2, -0.15) is 19.9 Å². The molecular formula is C20H26N8O2. The number of fused-ring (bicyclic) bond motifs is 1. The number of nitrogens with zero attached hydrogens (tertiary/aromatic N) is 7. The minimum Gasteiger partial charge on any atom is -0.424 e. The SMILES string of the molecule is CCN1CCN(c2nc(-c3ccc4oc(N)nc4c3)nc(N3CCOCC3)n2)CC1. The first kappa shape index (κ1) is 19.0. The molecule has 0 amide bonds. The second kappa shape index (κ2) is 8.04. The van der Waals surface area contributed by atoms with Crippen LogP contribution in [0.25, 0.3) is 22.5 Å². The predicted octanol–water partition coefficient (Wildman–Crippen LogP) is 1.24. The number of ether oxygens (including phenoxy) is 1. The number of likely N-dealkylation sites (N-methyl/N-ethyl adjacent to an activating group) is 1. The van der Waals surface area contributed by atoms with Gasteiger partial charge in [-0.15, -0.1) is 0 Å². The van der Waals surface area contributed by atoms with Gasteiger partial charge in [-0.1, -0.05) is 6.92 Å². The Bertz CT molecular complexity index is 1020. The van der Waals surface area contributed by atoms with E-state index in [-0.39, 0.29) is 6.01 Å². The molecule has 0 atom stereocenters. The van der Waals surface area contributed by atoms with Crippen molar-refractivity contribution in [1.82, 2.24) is 24.8 Å². The molecule has 2 N–H and O–H groups in total. The van der Waals surface area contributed by atoms with Crippen molar-refractivity contribution < 1.29 is 9.15 Å². The molecule has 3 aromatic rings. The number of nitrogens with two attached hydrogens (primary N) is 1. The molecule has 1 aromatic carbocycles. The summed E-state index contributed by atoms with van der Waals surface area (Å²) < 4.78 is 10.9. The number of nitrogen functional groups attached to an aromatic ring is 1.